The first-order valence-electron chi connectivity index (χ1n) is 9.97. The maximum atomic E-state index is 12.8. The van der Waals surface area contributed by atoms with Crippen molar-refractivity contribution in [3.63, 3.8) is 0 Å². The van der Waals surface area contributed by atoms with Crippen LogP contribution in [0.3, 0.4) is 0 Å². The fourth-order valence-corrected chi connectivity index (χ4v) is 2.71. The highest BCUT2D eigenvalue weighted by Gasteiger charge is 2.30. The molecule has 2 N–H and O–H groups in total. The Labute approximate surface area is 188 Å². The molecule has 0 bridgehead atoms. The van der Waals surface area contributed by atoms with Gasteiger partial charge in [-0.05, 0) is 35.9 Å². The maximum absolute atomic E-state index is 12.8. The van der Waals surface area contributed by atoms with Crippen molar-refractivity contribution in [1.29, 1.82) is 0 Å². The molecule has 10 heteroatoms. The summed E-state index contributed by atoms with van der Waals surface area (Å²) < 4.78 is 44.1. The lowest BCUT2D eigenvalue weighted by atomic mass is 10.1. The second-order valence-corrected chi connectivity index (χ2v) is 7.43. The molecule has 0 unspecified atom stereocenters. The Bertz CT molecular complexity index is 1130. The predicted octanol–water partition coefficient (Wildman–Crippen LogP) is 5.06. The first-order valence-corrected chi connectivity index (χ1v) is 9.97. The van der Waals surface area contributed by atoms with E-state index in [-0.39, 0.29) is 29.7 Å². The molecule has 0 aliphatic rings. The van der Waals surface area contributed by atoms with E-state index in [0.717, 1.165) is 12.1 Å². The number of hydrogen-bond acceptors (Lipinski definition) is 5. The standard InChI is InChI=1S/C23H21F3N4O3/c1-14(2)22(32)30-19-12-21(28-13-27-19)33-18-8-6-17(7-9-18)29-20(31)11-15-4-3-5-16(10-15)23(24,25)26/h3-10,12-14H,11H2,1-2H3,(H,29,31)(H,27,28,30,32). The summed E-state index contributed by atoms with van der Waals surface area (Å²) in [6.45, 7) is 3.52. The average Bonchev–Trinajstić information content (AvgIpc) is 2.75. The van der Waals surface area contributed by atoms with Crippen LogP contribution < -0.4 is 15.4 Å². The number of halogens is 3. The van der Waals surface area contributed by atoms with E-state index < -0.39 is 17.6 Å². The van der Waals surface area contributed by atoms with Gasteiger partial charge in [0.25, 0.3) is 0 Å². The topological polar surface area (TPSA) is 93.2 Å². The highest BCUT2D eigenvalue weighted by atomic mass is 19.4. The smallest absolute Gasteiger partial charge is 0.416 e. The van der Waals surface area contributed by atoms with Gasteiger partial charge in [-0.3, -0.25) is 9.59 Å². The molecule has 33 heavy (non-hydrogen) atoms. The number of carbonyl (C=O) groups excluding carboxylic acids is 2. The normalized spacial score (nSPS) is 11.2. The molecule has 0 aliphatic carbocycles. The predicted molar refractivity (Wildman–Crippen MR) is 116 cm³/mol. The monoisotopic (exact) mass is 458 g/mol. The summed E-state index contributed by atoms with van der Waals surface area (Å²) >= 11 is 0. The zero-order valence-corrected chi connectivity index (χ0v) is 17.8. The van der Waals surface area contributed by atoms with E-state index in [0.29, 0.717) is 17.3 Å². The first kappa shape index (κ1) is 23.7. The molecule has 2 aromatic carbocycles. The summed E-state index contributed by atoms with van der Waals surface area (Å²) in [6, 6.07) is 12.5. The van der Waals surface area contributed by atoms with Crippen molar-refractivity contribution < 1.29 is 27.5 Å². The third-order valence-electron chi connectivity index (χ3n) is 4.40. The van der Waals surface area contributed by atoms with Crippen LogP contribution in [0, 0.1) is 5.92 Å². The molecular formula is C23H21F3N4O3. The van der Waals surface area contributed by atoms with Gasteiger partial charge in [0.05, 0.1) is 12.0 Å². The molecule has 0 aliphatic heterocycles. The molecule has 0 saturated heterocycles. The van der Waals surface area contributed by atoms with E-state index in [1.165, 1.54) is 24.5 Å². The lowest BCUT2D eigenvalue weighted by molar-refractivity contribution is -0.137. The molecule has 172 valence electrons. The maximum Gasteiger partial charge on any atom is 0.416 e. The van der Waals surface area contributed by atoms with E-state index in [1.54, 1.807) is 38.1 Å². The molecule has 3 aromatic rings. The molecule has 0 spiro atoms. The lowest BCUT2D eigenvalue weighted by Crippen LogP contribution is -2.18. The van der Waals surface area contributed by atoms with Gasteiger partial charge in [-0.1, -0.05) is 32.0 Å². The number of anilines is 2. The molecule has 1 heterocycles. The van der Waals surface area contributed by atoms with Crippen LogP contribution in [0.5, 0.6) is 11.6 Å². The number of ether oxygens (including phenoxy) is 1. The van der Waals surface area contributed by atoms with Crippen LogP contribution in [0.2, 0.25) is 0 Å². The van der Waals surface area contributed by atoms with Gasteiger partial charge >= 0.3 is 6.18 Å². The Morgan fingerprint density at radius 1 is 1.00 bits per heavy atom. The number of alkyl halides is 3. The zero-order valence-electron chi connectivity index (χ0n) is 17.8. The van der Waals surface area contributed by atoms with Gasteiger partial charge in [-0.15, -0.1) is 0 Å². The molecule has 0 fully saturated rings. The Morgan fingerprint density at radius 2 is 1.73 bits per heavy atom. The van der Waals surface area contributed by atoms with Gasteiger partial charge in [-0.2, -0.15) is 13.2 Å². The second-order valence-electron chi connectivity index (χ2n) is 7.43. The minimum Gasteiger partial charge on any atom is -0.439 e. The molecular weight excluding hydrogens is 437 g/mol. The summed E-state index contributed by atoms with van der Waals surface area (Å²) in [5.41, 5.74) is -0.0933. The van der Waals surface area contributed by atoms with E-state index in [1.807, 2.05) is 0 Å². The number of nitrogens with one attached hydrogen (secondary N) is 2. The molecule has 0 atom stereocenters. The van der Waals surface area contributed by atoms with Crippen molar-refractivity contribution in [3.8, 4) is 11.6 Å². The Hall–Kier alpha value is -3.95. The van der Waals surface area contributed by atoms with Gasteiger partial charge in [0.2, 0.25) is 17.7 Å². The van der Waals surface area contributed by atoms with Crippen molar-refractivity contribution in [3.05, 3.63) is 72.1 Å². The van der Waals surface area contributed by atoms with E-state index in [4.69, 9.17) is 4.74 Å². The zero-order chi connectivity index (χ0) is 24.0. The molecule has 0 radical (unpaired) electrons. The van der Waals surface area contributed by atoms with E-state index in [9.17, 15) is 22.8 Å². The van der Waals surface area contributed by atoms with Gasteiger partial charge in [0, 0.05) is 17.7 Å². The van der Waals surface area contributed by atoms with E-state index in [2.05, 4.69) is 20.6 Å². The highest BCUT2D eigenvalue weighted by molar-refractivity contribution is 5.92. The fourth-order valence-electron chi connectivity index (χ4n) is 2.71. The molecule has 3 rings (SSSR count). The van der Waals surface area contributed by atoms with Crippen molar-refractivity contribution in [2.24, 2.45) is 5.92 Å². The lowest BCUT2D eigenvalue weighted by Gasteiger charge is -2.10. The van der Waals surface area contributed by atoms with Crippen LogP contribution in [0.1, 0.15) is 25.0 Å². The largest absolute Gasteiger partial charge is 0.439 e. The average molecular weight is 458 g/mol. The quantitative estimate of drug-likeness (QED) is 0.516. The highest BCUT2D eigenvalue weighted by Crippen LogP contribution is 2.29. The van der Waals surface area contributed by atoms with Crippen molar-refractivity contribution >= 4 is 23.3 Å². The first-order chi connectivity index (χ1) is 15.6. The summed E-state index contributed by atoms with van der Waals surface area (Å²) in [6.07, 6.45) is -3.41. The minimum absolute atomic E-state index is 0.190. The van der Waals surface area contributed by atoms with Crippen LogP contribution in [0.15, 0.2) is 60.9 Å². The number of nitrogens with zero attached hydrogens (tertiary/aromatic N) is 2. The van der Waals surface area contributed by atoms with Crippen molar-refractivity contribution in [2.45, 2.75) is 26.4 Å². The fraction of sp³-hybridized carbons (Fsp3) is 0.217. The van der Waals surface area contributed by atoms with Gasteiger partial charge < -0.3 is 15.4 Å². The second kappa shape index (κ2) is 10.1. The number of hydrogen-bond donors (Lipinski definition) is 2. The summed E-state index contributed by atoms with van der Waals surface area (Å²) in [5, 5.41) is 5.28. The van der Waals surface area contributed by atoms with E-state index >= 15 is 0 Å². The number of rotatable bonds is 7. The molecule has 2 amide bonds. The molecule has 0 saturated carbocycles. The summed E-state index contributed by atoms with van der Waals surface area (Å²) in [7, 11) is 0. The van der Waals surface area contributed by atoms with Crippen LogP contribution >= 0.6 is 0 Å². The summed E-state index contributed by atoms with van der Waals surface area (Å²) in [4.78, 5) is 32.0. The third-order valence-corrected chi connectivity index (χ3v) is 4.40. The van der Waals surface area contributed by atoms with Crippen molar-refractivity contribution in [1.82, 2.24) is 9.97 Å². The minimum atomic E-state index is -4.47. The molecule has 7 nitrogen and oxygen atoms in total. The van der Waals surface area contributed by atoms with Crippen molar-refractivity contribution in [2.75, 3.05) is 10.6 Å². The number of aromatic nitrogens is 2. The van der Waals surface area contributed by atoms with Crippen LogP contribution in [-0.2, 0) is 22.2 Å². The Balaban J connectivity index is 1.58. The van der Waals surface area contributed by atoms with Gasteiger partial charge in [-0.25, -0.2) is 9.97 Å². The third kappa shape index (κ3) is 7.03. The van der Waals surface area contributed by atoms with Gasteiger partial charge in [0.1, 0.15) is 17.9 Å². The summed E-state index contributed by atoms with van der Waals surface area (Å²) in [5.74, 6) is 0.0863. The number of carbonyl (C=O) groups is 2. The Kier molecular flexibility index (Phi) is 7.27. The number of amides is 2. The molecule has 1 aromatic heterocycles. The Morgan fingerprint density at radius 3 is 2.39 bits per heavy atom. The van der Waals surface area contributed by atoms with Crippen LogP contribution in [-0.4, -0.2) is 21.8 Å². The SMILES string of the molecule is CC(C)C(=O)Nc1cc(Oc2ccc(NC(=O)Cc3cccc(C(F)(F)F)c3)cc2)ncn1. The number of benzene rings is 2. The van der Waals surface area contributed by atoms with Gasteiger partial charge in [0.15, 0.2) is 0 Å². The van der Waals surface area contributed by atoms with Crippen LogP contribution in [0.4, 0.5) is 24.7 Å². The van der Waals surface area contributed by atoms with Crippen LogP contribution in [0.25, 0.3) is 0 Å².